The van der Waals surface area contributed by atoms with Crippen LogP contribution in [0.2, 0.25) is 5.02 Å². The van der Waals surface area contributed by atoms with Crippen LogP contribution in [-0.2, 0) is 16.2 Å². The van der Waals surface area contributed by atoms with Crippen LogP contribution in [0.4, 0.5) is 14.9 Å². The standard InChI is InChI=1S/C26H20ClFN2O6/c1-34-18-9-7-17(8-10-18)30-25(32)19(24(31)29-26(30)33)11-15-12-20(27)23(22(13-15)35-2)36-14-16-5-3-4-6-21(16)28/h3-13H,14H2,1-2H3,(H,29,31,33)/b19-11+. The first-order valence-electron chi connectivity index (χ1n) is 10.6. The molecule has 10 heteroatoms. The van der Waals surface area contributed by atoms with Gasteiger partial charge in [-0.05, 0) is 54.1 Å². The third-order valence-corrected chi connectivity index (χ3v) is 5.61. The zero-order valence-electron chi connectivity index (χ0n) is 19.2. The number of nitrogens with one attached hydrogen (secondary N) is 1. The van der Waals surface area contributed by atoms with Crippen LogP contribution in [0.3, 0.4) is 0 Å². The van der Waals surface area contributed by atoms with E-state index in [-0.39, 0.29) is 34.4 Å². The number of amides is 4. The lowest BCUT2D eigenvalue weighted by molar-refractivity contribution is -0.122. The average Bonchev–Trinajstić information content (AvgIpc) is 2.86. The summed E-state index contributed by atoms with van der Waals surface area (Å²) in [5.41, 5.74) is 0.639. The van der Waals surface area contributed by atoms with Crippen molar-refractivity contribution >= 4 is 41.2 Å². The third kappa shape index (κ3) is 5.01. The van der Waals surface area contributed by atoms with E-state index in [2.05, 4.69) is 5.32 Å². The molecule has 0 atom stereocenters. The van der Waals surface area contributed by atoms with Crippen molar-refractivity contribution in [2.24, 2.45) is 0 Å². The number of carbonyl (C=O) groups excluding carboxylic acids is 3. The molecular weight excluding hydrogens is 491 g/mol. The summed E-state index contributed by atoms with van der Waals surface area (Å²) in [6.07, 6.45) is 1.29. The van der Waals surface area contributed by atoms with Crippen molar-refractivity contribution in [3.63, 3.8) is 0 Å². The first-order chi connectivity index (χ1) is 17.3. The highest BCUT2D eigenvalue weighted by atomic mass is 35.5. The van der Waals surface area contributed by atoms with E-state index in [0.29, 0.717) is 16.9 Å². The van der Waals surface area contributed by atoms with Gasteiger partial charge in [-0.3, -0.25) is 14.9 Å². The minimum absolute atomic E-state index is 0.0942. The number of halogens is 2. The van der Waals surface area contributed by atoms with Crippen molar-refractivity contribution in [2.75, 3.05) is 19.1 Å². The fraction of sp³-hybridized carbons (Fsp3) is 0.115. The maximum atomic E-state index is 13.9. The molecular formula is C26H20ClFN2O6. The second kappa shape index (κ2) is 10.5. The number of rotatable bonds is 7. The smallest absolute Gasteiger partial charge is 0.335 e. The molecule has 0 radical (unpaired) electrons. The first kappa shape index (κ1) is 24.7. The van der Waals surface area contributed by atoms with Gasteiger partial charge in [0.2, 0.25) is 0 Å². The SMILES string of the molecule is COc1ccc(N2C(=O)NC(=O)/C(=C\c3cc(Cl)c(OCc4ccccc4F)c(OC)c3)C2=O)cc1. The molecule has 1 saturated heterocycles. The van der Waals surface area contributed by atoms with E-state index in [1.54, 1.807) is 30.3 Å². The summed E-state index contributed by atoms with van der Waals surface area (Å²) >= 11 is 6.40. The Morgan fingerprint density at radius 2 is 1.72 bits per heavy atom. The fourth-order valence-corrected chi connectivity index (χ4v) is 3.79. The van der Waals surface area contributed by atoms with Gasteiger partial charge in [0.25, 0.3) is 11.8 Å². The number of hydrogen-bond donors (Lipinski definition) is 1. The summed E-state index contributed by atoms with van der Waals surface area (Å²) in [5, 5.41) is 2.27. The second-order valence-electron chi connectivity index (χ2n) is 7.57. The van der Waals surface area contributed by atoms with Gasteiger partial charge in [-0.2, -0.15) is 0 Å². The number of benzene rings is 3. The molecule has 8 nitrogen and oxygen atoms in total. The highest BCUT2D eigenvalue weighted by Gasteiger charge is 2.37. The molecule has 0 unspecified atom stereocenters. The summed E-state index contributed by atoms with van der Waals surface area (Å²) in [5.74, 6) is -1.19. The summed E-state index contributed by atoms with van der Waals surface area (Å²) in [6, 6.07) is 14.4. The van der Waals surface area contributed by atoms with Gasteiger partial charge >= 0.3 is 6.03 Å². The third-order valence-electron chi connectivity index (χ3n) is 5.32. The highest BCUT2D eigenvalue weighted by molar-refractivity contribution is 6.39. The molecule has 1 heterocycles. The molecule has 3 aromatic rings. The van der Waals surface area contributed by atoms with E-state index in [4.69, 9.17) is 25.8 Å². The van der Waals surface area contributed by atoms with Crippen LogP contribution in [0, 0.1) is 5.82 Å². The molecule has 0 aromatic heterocycles. The first-order valence-corrected chi connectivity index (χ1v) is 11.0. The largest absolute Gasteiger partial charge is 0.497 e. The van der Waals surface area contributed by atoms with E-state index in [0.717, 1.165) is 4.90 Å². The summed E-state index contributed by atoms with van der Waals surface area (Å²) in [4.78, 5) is 38.9. The van der Waals surface area contributed by atoms with Gasteiger partial charge in [-0.25, -0.2) is 14.1 Å². The van der Waals surface area contributed by atoms with Crippen molar-refractivity contribution in [1.82, 2.24) is 5.32 Å². The minimum Gasteiger partial charge on any atom is -0.497 e. The highest BCUT2D eigenvalue weighted by Crippen LogP contribution is 2.38. The summed E-state index contributed by atoms with van der Waals surface area (Å²) in [6.45, 7) is -0.0942. The normalized spacial score (nSPS) is 14.6. The number of imide groups is 2. The number of barbiturate groups is 1. The number of carbonyl (C=O) groups is 3. The van der Waals surface area contributed by atoms with Crippen LogP contribution in [0.5, 0.6) is 17.2 Å². The van der Waals surface area contributed by atoms with Crippen LogP contribution in [0.1, 0.15) is 11.1 Å². The number of methoxy groups -OCH3 is 2. The lowest BCUT2D eigenvalue weighted by Crippen LogP contribution is -2.54. The van der Waals surface area contributed by atoms with Crippen molar-refractivity contribution in [1.29, 1.82) is 0 Å². The Kier molecular flexibility index (Phi) is 7.21. The zero-order valence-corrected chi connectivity index (χ0v) is 20.0. The van der Waals surface area contributed by atoms with Gasteiger partial charge in [0.1, 0.15) is 23.7 Å². The maximum Gasteiger partial charge on any atom is 0.335 e. The number of anilines is 1. The van der Waals surface area contributed by atoms with Gasteiger partial charge in [0.05, 0.1) is 24.9 Å². The van der Waals surface area contributed by atoms with E-state index in [1.165, 1.54) is 50.6 Å². The lowest BCUT2D eigenvalue weighted by atomic mass is 10.1. The Balaban J connectivity index is 1.64. The van der Waals surface area contributed by atoms with E-state index >= 15 is 0 Å². The summed E-state index contributed by atoms with van der Waals surface area (Å²) < 4.78 is 30.1. The molecule has 36 heavy (non-hydrogen) atoms. The Morgan fingerprint density at radius 1 is 1.00 bits per heavy atom. The average molecular weight is 511 g/mol. The predicted octanol–water partition coefficient (Wildman–Crippen LogP) is 4.74. The fourth-order valence-electron chi connectivity index (χ4n) is 3.52. The van der Waals surface area contributed by atoms with Crippen LogP contribution in [0.15, 0.2) is 66.2 Å². The molecule has 1 aliphatic rings. The molecule has 4 amide bonds. The molecule has 0 bridgehead atoms. The number of urea groups is 1. The van der Waals surface area contributed by atoms with Gasteiger partial charge in [-0.15, -0.1) is 0 Å². The monoisotopic (exact) mass is 510 g/mol. The number of nitrogens with zero attached hydrogens (tertiary/aromatic N) is 1. The molecule has 0 spiro atoms. The van der Waals surface area contributed by atoms with Gasteiger partial charge in [-0.1, -0.05) is 29.8 Å². The van der Waals surface area contributed by atoms with Crippen molar-refractivity contribution in [3.05, 3.63) is 88.2 Å². The molecule has 1 N–H and O–H groups in total. The minimum atomic E-state index is -0.875. The van der Waals surface area contributed by atoms with Gasteiger partial charge in [0.15, 0.2) is 11.5 Å². The van der Waals surface area contributed by atoms with Crippen LogP contribution >= 0.6 is 11.6 Å². The molecule has 0 saturated carbocycles. The molecule has 4 rings (SSSR count). The quantitative estimate of drug-likeness (QED) is 0.364. The Morgan fingerprint density at radius 3 is 2.39 bits per heavy atom. The van der Waals surface area contributed by atoms with Crippen molar-refractivity contribution in [2.45, 2.75) is 6.61 Å². The number of ether oxygens (including phenoxy) is 3. The predicted molar refractivity (Wildman–Crippen MR) is 131 cm³/mol. The summed E-state index contributed by atoms with van der Waals surface area (Å²) in [7, 11) is 2.88. The molecule has 1 fully saturated rings. The van der Waals surface area contributed by atoms with Crippen LogP contribution in [0.25, 0.3) is 6.08 Å². The van der Waals surface area contributed by atoms with E-state index < -0.39 is 23.7 Å². The van der Waals surface area contributed by atoms with E-state index in [1.807, 2.05) is 0 Å². The maximum absolute atomic E-state index is 13.9. The van der Waals surface area contributed by atoms with E-state index in [9.17, 15) is 18.8 Å². The topological polar surface area (TPSA) is 94.2 Å². The van der Waals surface area contributed by atoms with Gasteiger partial charge < -0.3 is 14.2 Å². The second-order valence-corrected chi connectivity index (χ2v) is 7.98. The molecule has 0 aliphatic carbocycles. The van der Waals surface area contributed by atoms with Crippen LogP contribution in [-0.4, -0.2) is 32.1 Å². The number of hydrogen-bond acceptors (Lipinski definition) is 6. The Hall–Kier alpha value is -4.37. The molecule has 184 valence electrons. The van der Waals surface area contributed by atoms with Gasteiger partial charge in [0, 0.05) is 5.56 Å². The van der Waals surface area contributed by atoms with Crippen molar-refractivity contribution < 1.29 is 33.0 Å². The molecule has 1 aliphatic heterocycles. The lowest BCUT2D eigenvalue weighted by Gasteiger charge is -2.26. The Bertz CT molecular complexity index is 1370. The Labute approximate surface area is 210 Å². The van der Waals surface area contributed by atoms with Crippen LogP contribution < -0.4 is 24.4 Å². The zero-order chi connectivity index (χ0) is 25.8. The van der Waals surface area contributed by atoms with Crippen molar-refractivity contribution in [3.8, 4) is 17.2 Å². The molecule has 3 aromatic carbocycles.